The van der Waals surface area contributed by atoms with Gasteiger partial charge in [0.25, 0.3) is 5.91 Å². The number of carbonyl (C=O) groups excluding carboxylic acids is 3. The summed E-state index contributed by atoms with van der Waals surface area (Å²) in [5, 5.41) is 3.26. The van der Waals surface area contributed by atoms with Gasteiger partial charge in [-0.25, -0.2) is 26.3 Å². The van der Waals surface area contributed by atoms with E-state index in [2.05, 4.69) is 15.4 Å². The summed E-state index contributed by atoms with van der Waals surface area (Å²) in [7, 11) is -1.92. The van der Waals surface area contributed by atoms with Crippen molar-refractivity contribution in [1.82, 2.24) is 19.5 Å². The Balaban J connectivity index is 1.84. The minimum absolute atomic E-state index is 0.0946. The van der Waals surface area contributed by atoms with Crippen molar-refractivity contribution in [1.29, 1.82) is 0 Å². The van der Waals surface area contributed by atoms with Crippen LogP contribution in [-0.4, -0.2) is 61.8 Å². The molecule has 3 amide bonds. The average molecular weight is 556 g/mol. The maximum atomic E-state index is 13.5. The average Bonchev–Trinajstić information content (AvgIpc) is 3.32. The maximum Gasteiger partial charge on any atom is 0.311 e. The molecule has 10 nitrogen and oxygen atoms in total. The molecular formula is C19H18Cl2F3N5O5S. The third-order valence-corrected chi connectivity index (χ3v) is 7.78. The quantitative estimate of drug-likeness (QED) is 0.381. The zero-order valence-electron chi connectivity index (χ0n) is 18.1. The molecule has 3 rings (SSSR count). The van der Waals surface area contributed by atoms with E-state index in [-0.39, 0.29) is 19.5 Å². The Morgan fingerprint density at radius 1 is 1.11 bits per heavy atom. The monoisotopic (exact) mass is 555 g/mol. The van der Waals surface area contributed by atoms with Gasteiger partial charge in [0, 0.05) is 51.0 Å². The number of nitrogens with zero attached hydrogens (tertiary/aromatic N) is 2. The number of hydrogen-bond acceptors (Lipinski definition) is 5. The highest BCUT2D eigenvalue weighted by atomic mass is 35.5. The normalized spacial score (nSPS) is 15.9. The Bertz CT molecular complexity index is 1310. The van der Waals surface area contributed by atoms with Crippen LogP contribution in [0.3, 0.4) is 0 Å². The summed E-state index contributed by atoms with van der Waals surface area (Å²) in [6, 6.07) is 0.281. The zero-order chi connectivity index (χ0) is 26.2. The van der Waals surface area contributed by atoms with Crippen LogP contribution in [0.4, 0.5) is 18.9 Å². The van der Waals surface area contributed by atoms with Crippen LogP contribution >= 0.6 is 23.2 Å². The largest absolute Gasteiger partial charge is 0.351 e. The van der Waals surface area contributed by atoms with Gasteiger partial charge >= 0.3 is 11.8 Å². The molecule has 1 aromatic carbocycles. The van der Waals surface area contributed by atoms with Crippen LogP contribution in [0.1, 0.15) is 16.9 Å². The van der Waals surface area contributed by atoms with Crippen LogP contribution < -0.4 is 15.4 Å². The predicted octanol–water partition coefficient (Wildman–Crippen LogP) is 1.63. The van der Waals surface area contributed by atoms with Crippen molar-refractivity contribution in [3.05, 3.63) is 45.5 Å². The number of amides is 3. The lowest BCUT2D eigenvalue weighted by Crippen LogP contribution is -2.43. The van der Waals surface area contributed by atoms with Crippen LogP contribution in [0.5, 0.6) is 0 Å². The van der Waals surface area contributed by atoms with Crippen LogP contribution in [0.2, 0.25) is 10.2 Å². The molecule has 0 aliphatic carbocycles. The van der Waals surface area contributed by atoms with Gasteiger partial charge in [-0.3, -0.25) is 14.4 Å². The van der Waals surface area contributed by atoms with Gasteiger partial charge < -0.3 is 20.1 Å². The number of carbonyl (C=O) groups is 3. The molecule has 3 N–H and O–H groups in total. The fourth-order valence-electron chi connectivity index (χ4n) is 3.46. The molecule has 0 unspecified atom stereocenters. The predicted molar refractivity (Wildman–Crippen MR) is 119 cm³/mol. The van der Waals surface area contributed by atoms with Gasteiger partial charge in [-0.2, -0.15) is 0 Å². The number of nitrogens with one attached hydrogen (secondary N) is 3. The Kier molecular flexibility index (Phi) is 7.69. The van der Waals surface area contributed by atoms with Crippen molar-refractivity contribution in [3.8, 4) is 0 Å². The van der Waals surface area contributed by atoms with E-state index in [0.29, 0.717) is 12.1 Å². The minimum Gasteiger partial charge on any atom is -0.351 e. The molecule has 0 saturated carbocycles. The molecule has 1 aliphatic rings. The molecule has 0 bridgehead atoms. The molecule has 35 heavy (non-hydrogen) atoms. The second-order valence-corrected chi connectivity index (χ2v) is 9.87. The number of aromatic nitrogens is 1. The minimum atomic E-state index is -4.43. The topological polar surface area (TPSA) is 130 Å². The van der Waals surface area contributed by atoms with Crippen molar-refractivity contribution >= 4 is 56.6 Å². The van der Waals surface area contributed by atoms with E-state index >= 15 is 0 Å². The standard InChI is InChI=1S/C19H18Cl2F3N5O5S/c1-25-18(31)19(32)29-4-3-8(7-29)27-35(33,34)15-12(20)14(28(2)16(15)21)17(30)26-9-5-10(22)13(24)11(23)6-9/h5-6,8,27H,3-4,7H2,1-2H3,(H,25,31)(H,26,30)/t8-/m1/s1. The van der Waals surface area contributed by atoms with Gasteiger partial charge in [-0.05, 0) is 6.42 Å². The van der Waals surface area contributed by atoms with Gasteiger partial charge in [0.05, 0.1) is 5.02 Å². The van der Waals surface area contributed by atoms with Gasteiger partial charge in [-0.15, -0.1) is 0 Å². The first-order valence-corrected chi connectivity index (χ1v) is 12.0. The lowest BCUT2D eigenvalue weighted by molar-refractivity contribution is -0.144. The fourth-order valence-corrected chi connectivity index (χ4v) is 6.04. The third kappa shape index (κ3) is 5.24. The van der Waals surface area contributed by atoms with Gasteiger partial charge in [0.1, 0.15) is 15.7 Å². The summed E-state index contributed by atoms with van der Waals surface area (Å²) < 4.78 is 69.4. The Morgan fingerprint density at radius 3 is 2.29 bits per heavy atom. The van der Waals surface area contributed by atoms with Crippen molar-refractivity contribution in [2.45, 2.75) is 17.4 Å². The van der Waals surface area contributed by atoms with Gasteiger partial charge in [-0.1, -0.05) is 23.2 Å². The second-order valence-electron chi connectivity index (χ2n) is 7.49. The first-order chi connectivity index (χ1) is 16.3. The molecule has 1 aromatic heterocycles. The molecule has 2 aromatic rings. The fraction of sp³-hybridized carbons (Fsp3) is 0.316. The summed E-state index contributed by atoms with van der Waals surface area (Å²) >= 11 is 12.3. The zero-order valence-corrected chi connectivity index (χ0v) is 20.4. The smallest absolute Gasteiger partial charge is 0.311 e. The Labute approximate surface area is 207 Å². The molecule has 0 spiro atoms. The summed E-state index contributed by atoms with van der Waals surface area (Å²) in [5.74, 6) is -7.58. The Morgan fingerprint density at radius 2 is 1.71 bits per heavy atom. The highest BCUT2D eigenvalue weighted by Gasteiger charge is 2.36. The number of likely N-dealkylation sites (N-methyl/N-ethyl adjacent to an activating group) is 1. The molecule has 1 atom stereocenters. The second kappa shape index (κ2) is 10.0. The van der Waals surface area contributed by atoms with E-state index in [1.165, 1.54) is 19.0 Å². The highest BCUT2D eigenvalue weighted by molar-refractivity contribution is 7.89. The van der Waals surface area contributed by atoms with E-state index in [1.54, 1.807) is 0 Å². The van der Waals surface area contributed by atoms with Crippen LogP contribution in [-0.2, 0) is 26.7 Å². The number of benzene rings is 1. The van der Waals surface area contributed by atoms with Gasteiger partial charge in [0.15, 0.2) is 17.5 Å². The van der Waals surface area contributed by atoms with Crippen molar-refractivity contribution in [3.63, 3.8) is 0 Å². The molecule has 0 radical (unpaired) electrons. The molecule has 2 heterocycles. The summed E-state index contributed by atoms with van der Waals surface area (Å²) in [4.78, 5) is 36.7. The maximum absolute atomic E-state index is 13.5. The summed E-state index contributed by atoms with van der Waals surface area (Å²) in [6.07, 6.45) is 0.194. The van der Waals surface area contributed by atoms with Crippen LogP contribution in [0.25, 0.3) is 0 Å². The number of rotatable bonds is 5. The molecule has 1 aliphatic heterocycles. The summed E-state index contributed by atoms with van der Waals surface area (Å²) in [6.45, 7) is 0.0245. The van der Waals surface area contributed by atoms with Crippen molar-refractivity contribution in [2.24, 2.45) is 7.05 Å². The van der Waals surface area contributed by atoms with Crippen molar-refractivity contribution < 1.29 is 36.0 Å². The third-order valence-electron chi connectivity index (χ3n) is 5.17. The van der Waals surface area contributed by atoms with E-state index in [1.807, 2.05) is 0 Å². The number of anilines is 1. The van der Waals surface area contributed by atoms with Gasteiger partial charge in [0.2, 0.25) is 10.0 Å². The SMILES string of the molecule is CNC(=O)C(=O)N1CC[C@@H](NS(=O)(=O)c2c(Cl)c(C(=O)Nc3cc(F)c(F)c(F)c3)n(C)c2Cl)C1. The van der Waals surface area contributed by atoms with E-state index in [0.717, 1.165) is 4.57 Å². The number of halogens is 5. The first kappa shape index (κ1) is 26.8. The number of hydrogen-bond donors (Lipinski definition) is 3. The molecule has 16 heteroatoms. The van der Waals surface area contributed by atoms with Crippen LogP contribution in [0.15, 0.2) is 17.0 Å². The lowest BCUT2D eigenvalue weighted by atomic mass is 10.2. The molecular weight excluding hydrogens is 538 g/mol. The summed E-state index contributed by atoms with van der Waals surface area (Å²) in [5.41, 5.74) is -0.904. The molecule has 1 fully saturated rings. The van der Waals surface area contributed by atoms with E-state index < -0.39 is 77.7 Å². The van der Waals surface area contributed by atoms with Crippen LogP contribution in [0, 0.1) is 17.5 Å². The lowest BCUT2D eigenvalue weighted by Gasteiger charge is -2.16. The number of likely N-dealkylation sites (tertiary alicyclic amines) is 1. The number of sulfonamides is 1. The van der Waals surface area contributed by atoms with Crippen molar-refractivity contribution in [2.75, 3.05) is 25.5 Å². The molecule has 190 valence electrons. The Hall–Kier alpha value is -2.81. The highest BCUT2D eigenvalue weighted by Crippen LogP contribution is 2.35. The van der Waals surface area contributed by atoms with E-state index in [4.69, 9.17) is 23.2 Å². The molecule has 1 saturated heterocycles. The van der Waals surface area contributed by atoms with E-state index in [9.17, 15) is 36.0 Å². The first-order valence-electron chi connectivity index (χ1n) is 9.81.